The van der Waals surface area contributed by atoms with Gasteiger partial charge in [-0.2, -0.15) is 0 Å². The SMILES string of the molecule is CC\C=C/C=C\C=C/C=C\CCCCCCCC(=O)OC(COC(=O)CCCCCCCCCCCCC)COC(=O)CCCCCCCCCCCCCCCCCCCCC. The first-order chi connectivity index (χ1) is 31.0. The highest BCUT2D eigenvalue weighted by molar-refractivity contribution is 5.71. The van der Waals surface area contributed by atoms with Gasteiger partial charge in [-0.15, -0.1) is 0 Å². The van der Waals surface area contributed by atoms with E-state index in [1.807, 2.05) is 18.2 Å². The van der Waals surface area contributed by atoms with Crippen molar-refractivity contribution < 1.29 is 28.6 Å². The summed E-state index contributed by atoms with van der Waals surface area (Å²) < 4.78 is 16.8. The summed E-state index contributed by atoms with van der Waals surface area (Å²) in [5.74, 6) is -0.891. The fourth-order valence-electron chi connectivity index (χ4n) is 7.87. The van der Waals surface area contributed by atoms with Crippen LogP contribution in [-0.4, -0.2) is 37.2 Å². The van der Waals surface area contributed by atoms with E-state index in [4.69, 9.17) is 14.2 Å². The lowest BCUT2D eigenvalue weighted by Gasteiger charge is -2.18. The summed E-state index contributed by atoms with van der Waals surface area (Å²) in [7, 11) is 0. The van der Waals surface area contributed by atoms with Crippen LogP contribution in [0.15, 0.2) is 48.6 Å². The number of carbonyl (C=O) groups excluding carboxylic acids is 3. The molecular formula is C57H102O6. The number of hydrogen-bond acceptors (Lipinski definition) is 6. The van der Waals surface area contributed by atoms with Crippen LogP contribution < -0.4 is 0 Å². The zero-order valence-corrected chi connectivity index (χ0v) is 41.8. The fraction of sp³-hybridized carbons (Fsp3) is 0.807. The molecule has 0 saturated carbocycles. The predicted octanol–water partition coefficient (Wildman–Crippen LogP) is 17.9. The second-order valence-electron chi connectivity index (χ2n) is 18.2. The molecule has 1 unspecified atom stereocenters. The first-order valence-corrected chi connectivity index (χ1v) is 27.2. The average molecular weight is 883 g/mol. The van der Waals surface area contributed by atoms with Crippen LogP contribution >= 0.6 is 0 Å². The van der Waals surface area contributed by atoms with Crippen LogP contribution in [0.1, 0.15) is 278 Å². The summed E-state index contributed by atoms with van der Waals surface area (Å²) in [6.07, 6.45) is 62.4. The van der Waals surface area contributed by atoms with Crippen molar-refractivity contribution in [2.75, 3.05) is 13.2 Å². The Hall–Kier alpha value is -2.63. The smallest absolute Gasteiger partial charge is 0.306 e. The molecular weight excluding hydrogens is 781 g/mol. The Labute approximate surface area is 390 Å². The average Bonchev–Trinajstić information content (AvgIpc) is 3.28. The van der Waals surface area contributed by atoms with Gasteiger partial charge in [-0.3, -0.25) is 14.4 Å². The van der Waals surface area contributed by atoms with Crippen molar-refractivity contribution in [1.82, 2.24) is 0 Å². The van der Waals surface area contributed by atoms with E-state index in [9.17, 15) is 14.4 Å². The number of carbonyl (C=O) groups is 3. The van der Waals surface area contributed by atoms with E-state index in [0.29, 0.717) is 19.3 Å². The Bertz CT molecular complexity index is 1110. The summed E-state index contributed by atoms with van der Waals surface area (Å²) in [4.78, 5) is 38.0. The molecule has 0 aliphatic rings. The molecule has 0 aromatic heterocycles. The molecule has 0 bridgehead atoms. The van der Waals surface area contributed by atoms with Crippen molar-refractivity contribution in [2.45, 2.75) is 284 Å². The zero-order valence-electron chi connectivity index (χ0n) is 41.8. The van der Waals surface area contributed by atoms with Gasteiger partial charge in [-0.1, -0.05) is 268 Å². The van der Waals surface area contributed by atoms with Crippen molar-refractivity contribution >= 4 is 17.9 Å². The minimum Gasteiger partial charge on any atom is -0.462 e. The van der Waals surface area contributed by atoms with Gasteiger partial charge in [0, 0.05) is 19.3 Å². The second kappa shape index (κ2) is 52.0. The van der Waals surface area contributed by atoms with Crippen LogP contribution in [0.4, 0.5) is 0 Å². The van der Waals surface area contributed by atoms with Gasteiger partial charge < -0.3 is 14.2 Å². The molecule has 63 heavy (non-hydrogen) atoms. The lowest BCUT2D eigenvalue weighted by Crippen LogP contribution is -2.30. The van der Waals surface area contributed by atoms with Crippen LogP contribution in [0.25, 0.3) is 0 Å². The van der Waals surface area contributed by atoms with E-state index >= 15 is 0 Å². The summed E-state index contributed by atoms with van der Waals surface area (Å²) in [6, 6.07) is 0. The first kappa shape index (κ1) is 60.4. The second-order valence-corrected chi connectivity index (χ2v) is 18.2. The van der Waals surface area contributed by atoms with Gasteiger partial charge in [0.05, 0.1) is 0 Å². The number of unbranched alkanes of at least 4 members (excludes halogenated alkanes) is 33. The lowest BCUT2D eigenvalue weighted by atomic mass is 10.0. The van der Waals surface area contributed by atoms with Crippen molar-refractivity contribution in [3.05, 3.63) is 48.6 Å². The van der Waals surface area contributed by atoms with Crippen LogP contribution in [0.3, 0.4) is 0 Å². The number of allylic oxidation sites excluding steroid dienone is 8. The molecule has 366 valence electrons. The molecule has 0 rings (SSSR count). The molecule has 1 atom stereocenters. The lowest BCUT2D eigenvalue weighted by molar-refractivity contribution is -0.167. The van der Waals surface area contributed by atoms with Gasteiger partial charge in [0.15, 0.2) is 6.10 Å². The highest BCUT2D eigenvalue weighted by Crippen LogP contribution is 2.16. The summed E-state index contributed by atoms with van der Waals surface area (Å²) >= 11 is 0. The zero-order chi connectivity index (χ0) is 45.8. The molecule has 0 heterocycles. The summed E-state index contributed by atoms with van der Waals surface area (Å²) in [5, 5.41) is 0. The van der Waals surface area contributed by atoms with Gasteiger partial charge in [-0.25, -0.2) is 0 Å². The molecule has 6 nitrogen and oxygen atoms in total. The predicted molar refractivity (Wildman–Crippen MR) is 270 cm³/mol. The van der Waals surface area contributed by atoms with Crippen molar-refractivity contribution in [3.63, 3.8) is 0 Å². The molecule has 0 spiro atoms. The first-order valence-electron chi connectivity index (χ1n) is 27.2. The van der Waals surface area contributed by atoms with Crippen LogP contribution in [0.2, 0.25) is 0 Å². The van der Waals surface area contributed by atoms with E-state index in [1.54, 1.807) is 0 Å². The Morgan fingerprint density at radius 3 is 0.968 bits per heavy atom. The third kappa shape index (κ3) is 50.2. The Morgan fingerprint density at radius 2 is 0.619 bits per heavy atom. The number of ether oxygens (including phenoxy) is 3. The monoisotopic (exact) mass is 883 g/mol. The van der Waals surface area contributed by atoms with Gasteiger partial charge in [-0.05, 0) is 38.5 Å². The van der Waals surface area contributed by atoms with Crippen molar-refractivity contribution in [3.8, 4) is 0 Å². The maximum Gasteiger partial charge on any atom is 0.306 e. The molecule has 6 heteroatoms. The molecule has 0 aromatic rings. The Balaban J connectivity index is 4.32. The maximum atomic E-state index is 12.8. The number of hydrogen-bond donors (Lipinski definition) is 0. The van der Waals surface area contributed by atoms with E-state index < -0.39 is 6.10 Å². The largest absolute Gasteiger partial charge is 0.462 e. The fourth-order valence-corrected chi connectivity index (χ4v) is 7.87. The van der Waals surface area contributed by atoms with Gasteiger partial charge in [0.1, 0.15) is 13.2 Å². The molecule has 0 N–H and O–H groups in total. The van der Waals surface area contributed by atoms with Crippen LogP contribution in [-0.2, 0) is 28.6 Å². The highest BCUT2D eigenvalue weighted by Gasteiger charge is 2.19. The Morgan fingerprint density at radius 1 is 0.333 bits per heavy atom. The molecule has 0 aromatic carbocycles. The quantitative estimate of drug-likeness (QED) is 0.0262. The van der Waals surface area contributed by atoms with Gasteiger partial charge in [0.2, 0.25) is 0 Å². The minimum atomic E-state index is -0.781. The number of rotatable bonds is 49. The molecule has 0 aliphatic carbocycles. The molecule has 0 aliphatic heterocycles. The molecule has 0 amide bonds. The van der Waals surface area contributed by atoms with E-state index in [2.05, 4.69) is 51.2 Å². The number of esters is 3. The third-order valence-corrected chi connectivity index (χ3v) is 11.9. The van der Waals surface area contributed by atoms with Crippen LogP contribution in [0, 0.1) is 0 Å². The van der Waals surface area contributed by atoms with Crippen molar-refractivity contribution in [2.24, 2.45) is 0 Å². The van der Waals surface area contributed by atoms with E-state index in [0.717, 1.165) is 83.5 Å². The van der Waals surface area contributed by atoms with Gasteiger partial charge >= 0.3 is 17.9 Å². The van der Waals surface area contributed by atoms with E-state index in [-0.39, 0.29) is 31.1 Å². The van der Waals surface area contributed by atoms with Gasteiger partial charge in [0.25, 0.3) is 0 Å². The maximum absolute atomic E-state index is 12.8. The van der Waals surface area contributed by atoms with Crippen LogP contribution in [0.5, 0.6) is 0 Å². The summed E-state index contributed by atoms with van der Waals surface area (Å²) in [5.41, 5.74) is 0. The Kier molecular flexibility index (Phi) is 49.8. The van der Waals surface area contributed by atoms with Crippen molar-refractivity contribution in [1.29, 1.82) is 0 Å². The minimum absolute atomic E-state index is 0.0790. The standard InChI is InChI=1S/C57H102O6/c1-4-7-10-13-16-19-22-24-26-27-28-29-31-32-35-38-41-44-47-50-56(59)62-53-54(52-61-55(58)49-46-43-40-37-34-21-18-15-12-9-6-3)63-57(60)51-48-45-42-39-36-33-30-25-23-20-17-14-11-8-5-2/h8,11,14,17,20,23,25,30,54H,4-7,9-10,12-13,15-16,18-19,21-22,24,26-29,31-53H2,1-3H3/b11-8-,17-14-,23-20-,30-25-. The molecule has 0 saturated heterocycles. The van der Waals surface area contributed by atoms with E-state index in [1.165, 1.54) is 154 Å². The topological polar surface area (TPSA) is 78.9 Å². The molecule has 0 radical (unpaired) electrons. The third-order valence-electron chi connectivity index (χ3n) is 11.9. The molecule has 0 fully saturated rings. The summed E-state index contributed by atoms with van der Waals surface area (Å²) in [6.45, 7) is 6.50. The highest BCUT2D eigenvalue weighted by atomic mass is 16.6. The normalized spacial score (nSPS) is 12.4.